The molecule has 1 aromatic heterocycles. The molecule has 0 amide bonds. The number of rotatable bonds is 2. The van der Waals surface area contributed by atoms with Crippen LogP contribution in [0.15, 0.2) is 18.3 Å². The third-order valence-electron chi connectivity index (χ3n) is 1.63. The maximum Gasteiger partial charge on any atom is 0.217 e. The van der Waals surface area contributed by atoms with E-state index in [0.717, 1.165) is 6.42 Å². The SMILES string of the molecule is CC[C@@H](N)c1cccnc1F.Cl. The van der Waals surface area contributed by atoms with Crippen molar-refractivity contribution in [2.45, 2.75) is 19.4 Å². The zero-order chi connectivity index (χ0) is 8.27. The Balaban J connectivity index is 0.00000121. The fraction of sp³-hybridized carbons (Fsp3) is 0.375. The van der Waals surface area contributed by atoms with Gasteiger partial charge in [0.2, 0.25) is 5.95 Å². The van der Waals surface area contributed by atoms with Gasteiger partial charge in [-0.1, -0.05) is 13.0 Å². The van der Waals surface area contributed by atoms with Crippen LogP contribution in [0.5, 0.6) is 0 Å². The Kier molecular flexibility index (Phi) is 4.78. The molecule has 0 saturated carbocycles. The van der Waals surface area contributed by atoms with Gasteiger partial charge in [0.25, 0.3) is 0 Å². The molecular formula is C8H12ClFN2. The summed E-state index contributed by atoms with van der Waals surface area (Å²) in [5, 5.41) is 0. The van der Waals surface area contributed by atoms with Gasteiger partial charge in [0.1, 0.15) is 0 Å². The van der Waals surface area contributed by atoms with E-state index >= 15 is 0 Å². The van der Waals surface area contributed by atoms with Gasteiger partial charge in [-0.05, 0) is 12.5 Å². The highest BCUT2D eigenvalue weighted by Gasteiger charge is 2.08. The number of halogens is 2. The van der Waals surface area contributed by atoms with Gasteiger partial charge in [-0.3, -0.25) is 0 Å². The molecule has 0 spiro atoms. The van der Waals surface area contributed by atoms with Crippen LogP contribution in [0.1, 0.15) is 24.9 Å². The Bertz CT molecular complexity index is 242. The highest BCUT2D eigenvalue weighted by molar-refractivity contribution is 5.85. The van der Waals surface area contributed by atoms with E-state index in [1.54, 1.807) is 12.1 Å². The first kappa shape index (κ1) is 11.3. The lowest BCUT2D eigenvalue weighted by Gasteiger charge is -2.07. The number of hydrogen-bond acceptors (Lipinski definition) is 2. The fourth-order valence-corrected chi connectivity index (χ4v) is 0.895. The van der Waals surface area contributed by atoms with Gasteiger partial charge in [0.05, 0.1) is 0 Å². The molecule has 0 saturated heterocycles. The van der Waals surface area contributed by atoms with Crippen LogP contribution >= 0.6 is 12.4 Å². The minimum absolute atomic E-state index is 0. The van der Waals surface area contributed by atoms with Crippen LogP contribution in [0.25, 0.3) is 0 Å². The molecule has 0 radical (unpaired) electrons. The van der Waals surface area contributed by atoms with Crippen LogP contribution in [0.2, 0.25) is 0 Å². The molecule has 0 aliphatic carbocycles. The van der Waals surface area contributed by atoms with Crippen LogP contribution in [0, 0.1) is 5.95 Å². The normalized spacial score (nSPS) is 11.9. The zero-order valence-corrected chi connectivity index (χ0v) is 7.64. The standard InChI is InChI=1S/C8H11FN2.ClH/c1-2-7(10)6-4-3-5-11-8(6)9;/h3-5,7H,2,10H2,1H3;1H/t7-;/m1./s1. The average molecular weight is 191 g/mol. The van der Waals surface area contributed by atoms with Crippen molar-refractivity contribution >= 4 is 12.4 Å². The lowest BCUT2D eigenvalue weighted by atomic mass is 10.1. The van der Waals surface area contributed by atoms with Crippen molar-refractivity contribution in [1.82, 2.24) is 4.98 Å². The van der Waals surface area contributed by atoms with Crippen molar-refractivity contribution < 1.29 is 4.39 Å². The van der Waals surface area contributed by atoms with Crippen LogP contribution in [0.4, 0.5) is 4.39 Å². The van der Waals surface area contributed by atoms with E-state index in [-0.39, 0.29) is 18.4 Å². The van der Waals surface area contributed by atoms with Crippen LogP contribution in [-0.4, -0.2) is 4.98 Å². The molecule has 0 aromatic carbocycles. The molecule has 1 atom stereocenters. The fourth-order valence-electron chi connectivity index (χ4n) is 0.895. The number of nitrogens with zero attached hydrogens (tertiary/aromatic N) is 1. The second kappa shape index (κ2) is 5.06. The van der Waals surface area contributed by atoms with E-state index in [1.807, 2.05) is 6.92 Å². The smallest absolute Gasteiger partial charge is 0.217 e. The maximum atomic E-state index is 12.8. The lowest BCUT2D eigenvalue weighted by Crippen LogP contribution is -2.11. The molecule has 0 bridgehead atoms. The lowest BCUT2D eigenvalue weighted by molar-refractivity contribution is 0.540. The van der Waals surface area contributed by atoms with Gasteiger partial charge in [-0.2, -0.15) is 4.39 Å². The molecule has 1 heterocycles. The third kappa shape index (κ3) is 2.43. The van der Waals surface area contributed by atoms with Gasteiger partial charge >= 0.3 is 0 Å². The number of pyridine rings is 1. The minimum Gasteiger partial charge on any atom is -0.324 e. The molecule has 4 heteroatoms. The molecule has 0 unspecified atom stereocenters. The number of nitrogens with two attached hydrogens (primary N) is 1. The van der Waals surface area contributed by atoms with Crippen molar-refractivity contribution in [2.75, 3.05) is 0 Å². The van der Waals surface area contributed by atoms with E-state index in [2.05, 4.69) is 4.98 Å². The first-order chi connectivity index (χ1) is 5.25. The van der Waals surface area contributed by atoms with Crippen molar-refractivity contribution in [3.05, 3.63) is 29.8 Å². The van der Waals surface area contributed by atoms with E-state index in [9.17, 15) is 4.39 Å². The molecule has 0 aliphatic heterocycles. The van der Waals surface area contributed by atoms with Crippen LogP contribution in [-0.2, 0) is 0 Å². The molecule has 0 fully saturated rings. The Hall–Kier alpha value is -0.670. The summed E-state index contributed by atoms with van der Waals surface area (Å²) >= 11 is 0. The molecule has 2 N–H and O–H groups in total. The van der Waals surface area contributed by atoms with Crippen molar-refractivity contribution in [1.29, 1.82) is 0 Å². The second-order valence-electron chi connectivity index (χ2n) is 2.40. The molecule has 1 rings (SSSR count). The molecule has 2 nitrogen and oxygen atoms in total. The summed E-state index contributed by atoms with van der Waals surface area (Å²) < 4.78 is 12.8. The third-order valence-corrected chi connectivity index (χ3v) is 1.63. The van der Waals surface area contributed by atoms with Crippen molar-refractivity contribution in [3.8, 4) is 0 Å². The summed E-state index contributed by atoms with van der Waals surface area (Å²) in [6.45, 7) is 1.91. The summed E-state index contributed by atoms with van der Waals surface area (Å²) in [5.41, 5.74) is 6.11. The van der Waals surface area contributed by atoms with Gasteiger partial charge in [0.15, 0.2) is 0 Å². The Morgan fingerprint density at radius 3 is 2.83 bits per heavy atom. The molecule has 0 aliphatic rings. The number of aromatic nitrogens is 1. The monoisotopic (exact) mass is 190 g/mol. The topological polar surface area (TPSA) is 38.9 Å². The van der Waals surface area contributed by atoms with Gasteiger partial charge in [0, 0.05) is 17.8 Å². The maximum absolute atomic E-state index is 12.8. The summed E-state index contributed by atoms with van der Waals surface area (Å²) in [4.78, 5) is 3.50. The van der Waals surface area contributed by atoms with E-state index in [0.29, 0.717) is 5.56 Å². The summed E-state index contributed by atoms with van der Waals surface area (Å²) in [6.07, 6.45) is 2.14. The number of hydrogen-bond donors (Lipinski definition) is 1. The van der Waals surface area contributed by atoms with E-state index < -0.39 is 5.95 Å². The Labute approximate surface area is 77.4 Å². The van der Waals surface area contributed by atoms with Crippen molar-refractivity contribution in [2.24, 2.45) is 5.73 Å². The van der Waals surface area contributed by atoms with Crippen molar-refractivity contribution in [3.63, 3.8) is 0 Å². The highest BCUT2D eigenvalue weighted by atomic mass is 35.5. The average Bonchev–Trinajstić information content (AvgIpc) is 2.04. The second-order valence-corrected chi connectivity index (χ2v) is 2.40. The van der Waals surface area contributed by atoms with Crippen LogP contribution < -0.4 is 5.73 Å². The molecule has 1 aromatic rings. The Morgan fingerprint density at radius 2 is 2.33 bits per heavy atom. The predicted molar refractivity (Wildman–Crippen MR) is 48.7 cm³/mol. The Morgan fingerprint density at radius 1 is 1.67 bits per heavy atom. The van der Waals surface area contributed by atoms with Gasteiger partial charge in [-0.25, -0.2) is 4.98 Å². The minimum atomic E-state index is -0.457. The summed E-state index contributed by atoms with van der Waals surface area (Å²) in [5.74, 6) is -0.457. The first-order valence-electron chi connectivity index (χ1n) is 3.61. The van der Waals surface area contributed by atoms with E-state index in [4.69, 9.17) is 5.73 Å². The van der Waals surface area contributed by atoms with Gasteiger partial charge in [-0.15, -0.1) is 12.4 Å². The van der Waals surface area contributed by atoms with Gasteiger partial charge < -0.3 is 5.73 Å². The largest absolute Gasteiger partial charge is 0.324 e. The molecule has 12 heavy (non-hydrogen) atoms. The summed E-state index contributed by atoms with van der Waals surface area (Å²) in [7, 11) is 0. The first-order valence-corrected chi connectivity index (χ1v) is 3.61. The quantitative estimate of drug-likeness (QED) is 0.725. The van der Waals surface area contributed by atoms with Crippen LogP contribution in [0.3, 0.4) is 0 Å². The molecular weight excluding hydrogens is 179 g/mol. The highest BCUT2D eigenvalue weighted by Crippen LogP contribution is 2.14. The van der Waals surface area contributed by atoms with E-state index in [1.165, 1.54) is 6.20 Å². The summed E-state index contributed by atoms with van der Waals surface area (Å²) in [6, 6.07) is 3.12. The molecule has 68 valence electrons. The zero-order valence-electron chi connectivity index (χ0n) is 6.83. The predicted octanol–water partition coefficient (Wildman–Crippen LogP) is 2.05.